The quantitative estimate of drug-likeness (QED) is 0.655. The normalized spacial score (nSPS) is 12.2. The van der Waals surface area contributed by atoms with Crippen LogP contribution in [-0.4, -0.2) is 16.1 Å². The Morgan fingerprint density at radius 3 is 2.28 bits per heavy atom. The molecule has 0 aliphatic rings. The molecule has 1 aromatic heterocycles. The number of thiazole rings is 1. The van der Waals surface area contributed by atoms with Gasteiger partial charge in [-0.1, -0.05) is 43.6 Å². The molecule has 0 saturated carbocycles. The number of aldehydes is 1. The zero-order chi connectivity index (χ0) is 14.1. The van der Waals surface area contributed by atoms with Crippen molar-refractivity contribution in [2.45, 2.75) is 45.4 Å². The lowest BCUT2D eigenvalue weighted by Gasteiger charge is -2.02. The van der Waals surface area contributed by atoms with E-state index in [1.165, 1.54) is 4.88 Å². The molecule has 1 atom stereocenters. The van der Waals surface area contributed by atoms with Gasteiger partial charge in [0.1, 0.15) is 6.29 Å². The molecule has 18 heavy (non-hydrogen) atoms. The van der Waals surface area contributed by atoms with Crippen LogP contribution in [0.25, 0.3) is 0 Å². The van der Waals surface area contributed by atoms with Gasteiger partial charge in [0.05, 0.1) is 4.83 Å². The predicted octanol–water partition coefficient (Wildman–Crippen LogP) is 3.92. The summed E-state index contributed by atoms with van der Waals surface area (Å²) < 4.78 is 0. The van der Waals surface area contributed by atoms with Gasteiger partial charge in [-0.15, -0.1) is 11.3 Å². The third kappa shape index (κ3) is 9.59. The summed E-state index contributed by atoms with van der Waals surface area (Å²) in [5.41, 5.74) is 5.46. The molecule has 1 unspecified atom stereocenters. The molecule has 3 nitrogen and oxygen atoms in total. The molecule has 0 saturated heterocycles. The fraction of sp³-hybridized carbons (Fsp3) is 0.692. The van der Waals surface area contributed by atoms with E-state index in [-0.39, 0.29) is 4.83 Å². The van der Waals surface area contributed by atoms with Gasteiger partial charge in [-0.3, -0.25) is 0 Å². The van der Waals surface area contributed by atoms with Crippen LogP contribution in [0.3, 0.4) is 0 Å². The van der Waals surface area contributed by atoms with Crippen molar-refractivity contribution < 1.29 is 4.79 Å². The largest absolute Gasteiger partial charge is 0.375 e. The second-order valence-corrected chi connectivity index (χ2v) is 7.37. The first-order chi connectivity index (χ1) is 8.35. The zero-order valence-electron chi connectivity index (χ0n) is 11.5. The number of halogens is 1. The van der Waals surface area contributed by atoms with Crippen LogP contribution in [0.15, 0.2) is 6.20 Å². The van der Waals surface area contributed by atoms with E-state index in [0.29, 0.717) is 17.0 Å². The number of hydrogen-bond acceptors (Lipinski definition) is 4. The smallest absolute Gasteiger partial charge is 0.180 e. The highest BCUT2D eigenvalue weighted by Crippen LogP contribution is 2.17. The summed E-state index contributed by atoms with van der Waals surface area (Å²) in [4.78, 5) is 15.3. The van der Waals surface area contributed by atoms with Crippen molar-refractivity contribution in [2.24, 2.45) is 11.8 Å². The lowest BCUT2D eigenvalue weighted by Crippen LogP contribution is -2.02. The monoisotopic (exact) mass is 334 g/mol. The van der Waals surface area contributed by atoms with Gasteiger partial charge < -0.3 is 10.5 Å². The predicted molar refractivity (Wildman–Crippen MR) is 83.3 cm³/mol. The topological polar surface area (TPSA) is 56.0 Å². The maximum Gasteiger partial charge on any atom is 0.180 e. The molecular formula is C13H23BrN2OS. The van der Waals surface area contributed by atoms with Crippen molar-refractivity contribution >= 4 is 38.7 Å². The number of carbonyl (C=O) groups is 1. The minimum absolute atomic E-state index is 0.0579. The van der Waals surface area contributed by atoms with Crippen molar-refractivity contribution in [3.8, 4) is 0 Å². The van der Waals surface area contributed by atoms with E-state index in [4.69, 9.17) is 5.73 Å². The Balaban J connectivity index is 0.000000331. The molecule has 0 radical (unpaired) electrons. The summed E-state index contributed by atoms with van der Waals surface area (Å²) in [5, 5.41) is 0.677. The molecule has 0 aromatic carbocycles. The Labute approximate surface area is 122 Å². The number of anilines is 1. The summed E-state index contributed by atoms with van der Waals surface area (Å²) in [6.45, 7) is 8.57. The van der Waals surface area contributed by atoms with Crippen molar-refractivity contribution in [2.75, 3.05) is 5.73 Å². The van der Waals surface area contributed by atoms with Gasteiger partial charge in [0.2, 0.25) is 0 Å². The Hall–Kier alpha value is -0.420. The highest BCUT2D eigenvalue weighted by atomic mass is 79.9. The summed E-state index contributed by atoms with van der Waals surface area (Å²) in [7, 11) is 0. The van der Waals surface area contributed by atoms with Crippen LogP contribution in [0.5, 0.6) is 0 Å². The van der Waals surface area contributed by atoms with E-state index < -0.39 is 0 Å². The zero-order valence-corrected chi connectivity index (χ0v) is 13.9. The molecular weight excluding hydrogens is 312 g/mol. The van der Waals surface area contributed by atoms with E-state index in [9.17, 15) is 4.79 Å². The van der Waals surface area contributed by atoms with Crippen LogP contribution in [0, 0.1) is 11.8 Å². The summed E-state index contributed by atoms with van der Waals surface area (Å²) >= 11 is 4.79. The second kappa shape index (κ2) is 9.50. The molecule has 5 heteroatoms. The SMILES string of the molecule is CC(C)CC(Br)C=O.CC(C)Cc1cnc(N)s1. The van der Waals surface area contributed by atoms with E-state index >= 15 is 0 Å². The Bertz CT molecular complexity index is 339. The standard InChI is InChI=1S/C7H12N2S.C6H11BrO/c1-5(2)3-6-4-9-7(8)10-6;1-5(2)3-6(7)4-8/h4-5H,3H2,1-2H3,(H2,8,9);4-6H,3H2,1-2H3. The molecule has 0 aliphatic heterocycles. The molecule has 0 amide bonds. The van der Waals surface area contributed by atoms with Crippen molar-refractivity contribution in [3.05, 3.63) is 11.1 Å². The Morgan fingerprint density at radius 1 is 1.39 bits per heavy atom. The summed E-state index contributed by atoms with van der Waals surface area (Å²) in [6.07, 6.45) is 4.82. The van der Waals surface area contributed by atoms with Crippen LogP contribution in [0.1, 0.15) is 39.0 Å². The van der Waals surface area contributed by atoms with Crippen molar-refractivity contribution in [1.82, 2.24) is 4.98 Å². The fourth-order valence-corrected chi connectivity index (χ4v) is 2.97. The minimum Gasteiger partial charge on any atom is -0.375 e. The molecule has 0 bridgehead atoms. The maximum atomic E-state index is 9.99. The summed E-state index contributed by atoms with van der Waals surface area (Å²) in [6, 6.07) is 0. The number of nitrogen functional groups attached to an aromatic ring is 1. The van der Waals surface area contributed by atoms with Crippen LogP contribution in [0.4, 0.5) is 5.13 Å². The fourth-order valence-electron chi connectivity index (χ4n) is 1.33. The van der Waals surface area contributed by atoms with E-state index in [2.05, 4.69) is 48.6 Å². The number of nitrogens with two attached hydrogens (primary N) is 1. The lowest BCUT2D eigenvalue weighted by molar-refractivity contribution is -0.107. The highest BCUT2D eigenvalue weighted by molar-refractivity contribution is 9.09. The van der Waals surface area contributed by atoms with E-state index in [1.807, 2.05) is 6.20 Å². The average Bonchev–Trinajstić information content (AvgIpc) is 2.62. The third-order valence-corrected chi connectivity index (χ3v) is 3.46. The second-order valence-electron chi connectivity index (χ2n) is 5.04. The third-order valence-electron chi connectivity index (χ3n) is 2.03. The van der Waals surface area contributed by atoms with Gasteiger partial charge in [0, 0.05) is 11.1 Å². The number of alkyl halides is 1. The van der Waals surface area contributed by atoms with Crippen LogP contribution in [-0.2, 0) is 11.2 Å². The molecule has 1 aromatic rings. The molecule has 0 aliphatic carbocycles. The van der Waals surface area contributed by atoms with Gasteiger partial charge >= 0.3 is 0 Å². The van der Waals surface area contributed by atoms with E-state index in [1.54, 1.807) is 11.3 Å². The summed E-state index contributed by atoms with van der Waals surface area (Å²) in [5.74, 6) is 1.30. The van der Waals surface area contributed by atoms with Crippen LogP contribution in [0.2, 0.25) is 0 Å². The van der Waals surface area contributed by atoms with Gasteiger partial charge in [0.15, 0.2) is 5.13 Å². The average molecular weight is 335 g/mol. The molecule has 1 rings (SSSR count). The number of nitrogens with zero attached hydrogens (tertiary/aromatic N) is 1. The Morgan fingerprint density at radius 2 is 2.00 bits per heavy atom. The first-order valence-corrected chi connectivity index (χ1v) is 7.87. The number of rotatable bonds is 5. The molecule has 2 N–H and O–H groups in total. The van der Waals surface area contributed by atoms with Gasteiger partial charge in [-0.05, 0) is 24.7 Å². The minimum atomic E-state index is 0.0579. The van der Waals surface area contributed by atoms with Crippen LogP contribution >= 0.6 is 27.3 Å². The van der Waals surface area contributed by atoms with E-state index in [0.717, 1.165) is 19.1 Å². The molecule has 0 fully saturated rings. The van der Waals surface area contributed by atoms with Crippen molar-refractivity contribution in [1.29, 1.82) is 0 Å². The first-order valence-electron chi connectivity index (χ1n) is 6.14. The lowest BCUT2D eigenvalue weighted by atomic mass is 10.1. The van der Waals surface area contributed by atoms with Crippen molar-refractivity contribution in [3.63, 3.8) is 0 Å². The maximum absolute atomic E-state index is 9.99. The number of aromatic nitrogens is 1. The molecule has 1 heterocycles. The number of carbonyl (C=O) groups excluding carboxylic acids is 1. The first kappa shape index (κ1) is 17.6. The van der Waals surface area contributed by atoms with Gasteiger partial charge in [-0.25, -0.2) is 4.98 Å². The molecule has 0 spiro atoms. The number of hydrogen-bond donors (Lipinski definition) is 1. The Kier molecular flexibility index (Phi) is 9.28. The highest BCUT2D eigenvalue weighted by Gasteiger charge is 2.02. The van der Waals surface area contributed by atoms with Gasteiger partial charge in [-0.2, -0.15) is 0 Å². The van der Waals surface area contributed by atoms with Gasteiger partial charge in [0.25, 0.3) is 0 Å². The van der Waals surface area contributed by atoms with Crippen LogP contribution < -0.4 is 5.73 Å². The molecule has 104 valence electrons.